The Labute approximate surface area is 137 Å². The van der Waals surface area contributed by atoms with Crippen molar-refractivity contribution in [3.8, 4) is 0 Å². The lowest BCUT2D eigenvalue weighted by Crippen LogP contribution is -2.24. The Hall–Kier alpha value is -0.820. The minimum Gasteiger partial charge on any atom is -0.376 e. The normalized spacial score (nSPS) is 21.4. The van der Waals surface area contributed by atoms with Gasteiger partial charge in [-0.05, 0) is 55.4 Å². The molecule has 1 fully saturated rings. The molecule has 1 atom stereocenters. The second-order valence-corrected chi connectivity index (χ2v) is 5.32. The fourth-order valence-electron chi connectivity index (χ4n) is 2.83. The zero-order valence-corrected chi connectivity index (χ0v) is 13.9. The summed E-state index contributed by atoms with van der Waals surface area (Å²) < 4.78 is 5.52. The smallest absolute Gasteiger partial charge is 0.193 e. The average molecular weight is 387 g/mol. The van der Waals surface area contributed by atoms with E-state index in [0.29, 0.717) is 12.5 Å². The number of aryl methyl sites for hydroxylation is 2. The van der Waals surface area contributed by atoms with E-state index >= 15 is 0 Å². The van der Waals surface area contributed by atoms with Gasteiger partial charge < -0.3 is 15.8 Å². The summed E-state index contributed by atoms with van der Waals surface area (Å²) in [6, 6.07) is 6.47. The van der Waals surface area contributed by atoms with Crippen LogP contribution >= 0.6 is 24.0 Å². The third-order valence-corrected chi connectivity index (χ3v) is 3.86. The number of fused-ring (bicyclic) bond motifs is 1. The fraction of sp³-hybridized carbons (Fsp3) is 0.533. The largest absolute Gasteiger partial charge is 0.376 e. The molecule has 3 rings (SSSR count). The van der Waals surface area contributed by atoms with Crippen molar-refractivity contribution in [2.45, 2.75) is 38.2 Å². The van der Waals surface area contributed by atoms with Crippen LogP contribution in [0.25, 0.3) is 0 Å². The lowest BCUT2D eigenvalue weighted by atomic mass is 10.1. The van der Waals surface area contributed by atoms with Crippen LogP contribution in [0.4, 0.5) is 5.69 Å². The van der Waals surface area contributed by atoms with Gasteiger partial charge in [0.05, 0.1) is 12.6 Å². The number of guanidine groups is 1. The van der Waals surface area contributed by atoms with E-state index in [-0.39, 0.29) is 30.1 Å². The summed E-state index contributed by atoms with van der Waals surface area (Å²) in [6.45, 7) is 1.52. The molecule has 1 aliphatic carbocycles. The molecule has 0 bridgehead atoms. The SMILES string of the molecule is I.NC(=NCC1CCCO1)Nc1ccc2c(c1)CCC2. The molecular weight excluding hydrogens is 365 g/mol. The lowest BCUT2D eigenvalue weighted by molar-refractivity contribution is 0.118. The summed E-state index contributed by atoms with van der Waals surface area (Å²) in [6.07, 6.45) is 6.13. The van der Waals surface area contributed by atoms with E-state index in [1.807, 2.05) is 0 Å². The number of halogens is 1. The van der Waals surface area contributed by atoms with Gasteiger partial charge in [0, 0.05) is 12.3 Å². The van der Waals surface area contributed by atoms with Crippen LogP contribution in [-0.4, -0.2) is 25.2 Å². The van der Waals surface area contributed by atoms with E-state index < -0.39 is 0 Å². The van der Waals surface area contributed by atoms with Crippen LogP contribution in [0.1, 0.15) is 30.4 Å². The standard InChI is InChI=1S/C15H21N3O.HI/c16-15(17-10-14-5-2-8-19-14)18-13-7-6-11-3-1-4-12(11)9-13;/h6-7,9,14H,1-5,8,10H2,(H3,16,17,18);1H. The maximum atomic E-state index is 5.91. The van der Waals surface area contributed by atoms with Crippen LogP contribution in [0.2, 0.25) is 0 Å². The molecule has 5 heteroatoms. The summed E-state index contributed by atoms with van der Waals surface area (Å²) in [4.78, 5) is 4.35. The second-order valence-electron chi connectivity index (χ2n) is 5.32. The number of rotatable bonds is 3. The molecule has 1 aliphatic heterocycles. The van der Waals surface area contributed by atoms with Crippen molar-refractivity contribution in [3.05, 3.63) is 29.3 Å². The zero-order valence-electron chi connectivity index (χ0n) is 11.6. The van der Waals surface area contributed by atoms with Gasteiger partial charge in [0.15, 0.2) is 5.96 Å². The van der Waals surface area contributed by atoms with Gasteiger partial charge in [-0.15, -0.1) is 24.0 Å². The first-order valence-electron chi connectivity index (χ1n) is 7.11. The number of nitrogens with one attached hydrogen (secondary N) is 1. The molecule has 1 aromatic carbocycles. The Morgan fingerprint density at radius 2 is 2.15 bits per heavy atom. The molecule has 1 aromatic rings. The molecular formula is C15H22IN3O. The van der Waals surface area contributed by atoms with Gasteiger partial charge in [0.1, 0.15) is 0 Å². The minimum atomic E-state index is 0. The summed E-state index contributed by atoms with van der Waals surface area (Å²) in [5.74, 6) is 0.480. The van der Waals surface area contributed by atoms with E-state index in [2.05, 4.69) is 28.5 Å². The fourth-order valence-corrected chi connectivity index (χ4v) is 2.83. The number of anilines is 1. The molecule has 1 saturated heterocycles. The highest BCUT2D eigenvalue weighted by atomic mass is 127. The molecule has 4 nitrogen and oxygen atoms in total. The Morgan fingerprint density at radius 1 is 1.30 bits per heavy atom. The second kappa shape index (κ2) is 7.26. The first kappa shape index (κ1) is 15.6. The maximum absolute atomic E-state index is 5.91. The van der Waals surface area contributed by atoms with Crippen molar-refractivity contribution < 1.29 is 4.74 Å². The molecule has 1 unspecified atom stereocenters. The number of nitrogens with zero attached hydrogens (tertiary/aromatic N) is 1. The van der Waals surface area contributed by atoms with Crippen molar-refractivity contribution in [1.82, 2.24) is 0 Å². The summed E-state index contributed by atoms with van der Waals surface area (Å²) in [5.41, 5.74) is 9.86. The number of aliphatic imine (C=N–C) groups is 1. The predicted octanol–water partition coefficient (Wildman–Crippen LogP) is 2.70. The highest BCUT2D eigenvalue weighted by Gasteiger charge is 2.15. The number of ether oxygens (including phenoxy) is 1. The highest BCUT2D eigenvalue weighted by molar-refractivity contribution is 14.0. The first-order chi connectivity index (χ1) is 9.31. The lowest BCUT2D eigenvalue weighted by Gasteiger charge is -2.09. The van der Waals surface area contributed by atoms with Gasteiger partial charge >= 0.3 is 0 Å². The molecule has 3 N–H and O–H groups in total. The maximum Gasteiger partial charge on any atom is 0.193 e. The van der Waals surface area contributed by atoms with Crippen LogP contribution < -0.4 is 11.1 Å². The number of nitrogens with two attached hydrogens (primary N) is 1. The van der Waals surface area contributed by atoms with E-state index in [1.165, 1.54) is 30.4 Å². The Balaban J connectivity index is 0.00000147. The Kier molecular flexibility index (Phi) is 5.65. The number of hydrogen-bond donors (Lipinski definition) is 2. The van der Waals surface area contributed by atoms with E-state index in [9.17, 15) is 0 Å². The molecule has 2 aliphatic rings. The van der Waals surface area contributed by atoms with Crippen LogP contribution in [-0.2, 0) is 17.6 Å². The first-order valence-corrected chi connectivity index (χ1v) is 7.11. The number of hydrogen-bond acceptors (Lipinski definition) is 2. The Morgan fingerprint density at radius 3 is 2.95 bits per heavy atom. The molecule has 0 amide bonds. The van der Waals surface area contributed by atoms with Gasteiger partial charge in [-0.25, -0.2) is 0 Å². The third kappa shape index (κ3) is 3.85. The quantitative estimate of drug-likeness (QED) is 0.476. The molecule has 1 heterocycles. The summed E-state index contributed by atoms with van der Waals surface area (Å²) in [5, 5.41) is 3.17. The Bertz CT molecular complexity index is 484. The third-order valence-electron chi connectivity index (χ3n) is 3.86. The van der Waals surface area contributed by atoms with Gasteiger partial charge in [-0.1, -0.05) is 6.07 Å². The molecule has 20 heavy (non-hydrogen) atoms. The molecule has 110 valence electrons. The number of benzene rings is 1. The zero-order chi connectivity index (χ0) is 13.1. The highest BCUT2D eigenvalue weighted by Crippen LogP contribution is 2.24. The van der Waals surface area contributed by atoms with Crippen LogP contribution in [0, 0.1) is 0 Å². The molecule has 0 aromatic heterocycles. The molecule has 0 spiro atoms. The van der Waals surface area contributed by atoms with Crippen LogP contribution in [0.3, 0.4) is 0 Å². The predicted molar refractivity (Wildman–Crippen MR) is 93.0 cm³/mol. The van der Waals surface area contributed by atoms with Crippen LogP contribution in [0.5, 0.6) is 0 Å². The van der Waals surface area contributed by atoms with Crippen molar-refractivity contribution in [2.75, 3.05) is 18.5 Å². The van der Waals surface area contributed by atoms with Crippen molar-refractivity contribution >= 4 is 35.6 Å². The van der Waals surface area contributed by atoms with E-state index in [4.69, 9.17) is 10.5 Å². The van der Waals surface area contributed by atoms with Gasteiger partial charge in [-0.3, -0.25) is 4.99 Å². The van der Waals surface area contributed by atoms with Crippen molar-refractivity contribution in [3.63, 3.8) is 0 Å². The summed E-state index contributed by atoms with van der Waals surface area (Å²) >= 11 is 0. The van der Waals surface area contributed by atoms with Gasteiger partial charge in [0.25, 0.3) is 0 Å². The van der Waals surface area contributed by atoms with Crippen molar-refractivity contribution in [2.24, 2.45) is 10.7 Å². The van der Waals surface area contributed by atoms with E-state index in [1.54, 1.807) is 0 Å². The minimum absolute atomic E-state index is 0. The molecule has 0 saturated carbocycles. The van der Waals surface area contributed by atoms with Crippen LogP contribution in [0.15, 0.2) is 23.2 Å². The van der Waals surface area contributed by atoms with Crippen molar-refractivity contribution in [1.29, 1.82) is 0 Å². The summed E-state index contributed by atoms with van der Waals surface area (Å²) in [7, 11) is 0. The monoisotopic (exact) mass is 387 g/mol. The van der Waals surface area contributed by atoms with Gasteiger partial charge in [0.2, 0.25) is 0 Å². The van der Waals surface area contributed by atoms with Gasteiger partial charge in [-0.2, -0.15) is 0 Å². The average Bonchev–Trinajstić information content (AvgIpc) is 3.07. The van der Waals surface area contributed by atoms with E-state index in [0.717, 1.165) is 25.1 Å². The topological polar surface area (TPSA) is 59.6 Å². The molecule has 0 radical (unpaired) electrons.